The van der Waals surface area contributed by atoms with E-state index in [1.165, 1.54) is 7.11 Å². The SMILES string of the molecule is COC(=O)Cc1c(C(F)F)ncc(Cl)c1C. The topological polar surface area (TPSA) is 39.2 Å². The molecule has 0 N–H and O–H groups in total. The fraction of sp³-hybridized carbons (Fsp3) is 0.400. The average molecular weight is 250 g/mol. The number of ether oxygens (including phenoxy) is 1. The van der Waals surface area contributed by atoms with Gasteiger partial charge in [-0.3, -0.25) is 9.78 Å². The van der Waals surface area contributed by atoms with Crippen LogP contribution in [0.15, 0.2) is 6.20 Å². The summed E-state index contributed by atoms with van der Waals surface area (Å²) >= 11 is 5.76. The van der Waals surface area contributed by atoms with E-state index in [4.69, 9.17) is 11.6 Å². The van der Waals surface area contributed by atoms with Gasteiger partial charge in [0.1, 0.15) is 5.69 Å². The first kappa shape index (κ1) is 12.8. The lowest BCUT2D eigenvalue weighted by molar-refractivity contribution is -0.139. The zero-order valence-corrected chi connectivity index (χ0v) is 9.52. The molecule has 0 aliphatic rings. The molecule has 0 saturated carbocycles. The summed E-state index contributed by atoms with van der Waals surface area (Å²) in [5.74, 6) is -0.603. The fourth-order valence-corrected chi connectivity index (χ4v) is 1.43. The van der Waals surface area contributed by atoms with Crippen LogP contribution in [0.25, 0.3) is 0 Å². The predicted molar refractivity (Wildman–Crippen MR) is 54.7 cm³/mol. The molecule has 0 saturated heterocycles. The number of aromatic nitrogens is 1. The molecule has 3 nitrogen and oxygen atoms in total. The van der Waals surface area contributed by atoms with Crippen molar-refractivity contribution in [2.75, 3.05) is 7.11 Å². The van der Waals surface area contributed by atoms with Crippen LogP contribution in [-0.4, -0.2) is 18.1 Å². The van der Waals surface area contributed by atoms with Crippen LogP contribution in [-0.2, 0) is 16.0 Å². The van der Waals surface area contributed by atoms with E-state index in [9.17, 15) is 13.6 Å². The van der Waals surface area contributed by atoms with Gasteiger partial charge in [-0.1, -0.05) is 11.6 Å². The van der Waals surface area contributed by atoms with Crippen molar-refractivity contribution in [3.63, 3.8) is 0 Å². The van der Waals surface area contributed by atoms with Crippen LogP contribution >= 0.6 is 11.6 Å². The molecule has 0 radical (unpaired) electrons. The Hall–Kier alpha value is -1.23. The second-order valence-corrected chi connectivity index (χ2v) is 3.56. The van der Waals surface area contributed by atoms with Gasteiger partial charge >= 0.3 is 5.97 Å². The van der Waals surface area contributed by atoms with Gasteiger partial charge in [0.25, 0.3) is 6.43 Å². The maximum absolute atomic E-state index is 12.6. The molecular formula is C10H10ClF2NO2. The number of nitrogens with zero attached hydrogens (tertiary/aromatic N) is 1. The van der Waals surface area contributed by atoms with E-state index in [-0.39, 0.29) is 17.0 Å². The summed E-state index contributed by atoms with van der Waals surface area (Å²) in [6.07, 6.45) is -1.84. The van der Waals surface area contributed by atoms with E-state index in [0.29, 0.717) is 5.56 Å². The van der Waals surface area contributed by atoms with E-state index in [0.717, 1.165) is 6.20 Å². The molecule has 1 heterocycles. The first-order valence-electron chi connectivity index (χ1n) is 4.46. The molecule has 0 amide bonds. The molecule has 0 spiro atoms. The fourth-order valence-electron chi connectivity index (χ4n) is 1.26. The van der Waals surface area contributed by atoms with E-state index in [1.807, 2.05) is 0 Å². The minimum absolute atomic E-state index is 0.134. The van der Waals surface area contributed by atoms with E-state index in [2.05, 4.69) is 9.72 Å². The number of alkyl halides is 2. The third-order valence-corrected chi connectivity index (χ3v) is 2.57. The highest BCUT2D eigenvalue weighted by molar-refractivity contribution is 6.31. The van der Waals surface area contributed by atoms with Crippen LogP contribution in [0.5, 0.6) is 0 Å². The van der Waals surface area contributed by atoms with E-state index < -0.39 is 18.1 Å². The Bertz CT molecular complexity index is 410. The zero-order valence-electron chi connectivity index (χ0n) is 8.76. The number of carbonyl (C=O) groups is 1. The summed E-state index contributed by atoms with van der Waals surface area (Å²) in [6, 6.07) is 0. The van der Waals surface area contributed by atoms with Gasteiger partial charge in [0, 0.05) is 6.20 Å². The molecule has 1 aromatic rings. The summed E-state index contributed by atoms with van der Waals surface area (Å²) in [6.45, 7) is 1.56. The molecule has 0 atom stereocenters. The molecule has 0 aliphatic heterocycles. The van der Waals surface area contributed by atoms with Crippen LogP contribution in [0, 0.1) is 6.92 Å². The van der Waals surface area contributed by atoms with Crippen molar-refractivity contribution in [1.29, 1.82) is 0 Å². The van der Waals surface area contributed by atoms with Crippen molar-refractivity contribution in [3.05, 3.63) is 28.0 Å². The zero-order chi connectivity index (χ0) is 12.3. The lowest BCUT2D eigenvalue weighted by atomic mass is 10.0. The minimum Gasteiger partial charge on any atom is -0.469 e. The minimum atomic E-state index is -2.74. The third kappa shape index (κ3) is 2.66. The number of pyridine rings is 1. The van der Waals surface area contributed by atoms with Gasteiger partial charge in [-0.05, 0) is 18.1 Å². The second-order valence-electron chi connectivity index (χ2n) is 3.15. The monoisotopic (exact) mass is 249 g/mol. The highest BCUT2D eigenvalue weighted by Crippen LogP contribution is 2.27. The molecular weight excluding hydrogens is 240 g/mol. The van der Waals surface area contributed by atoms with Gasteiger partial charge in [-0.25, -0.2) is 8.78 Å². The molecule has 1 rings (SSSR count). The summed E-state index contributed by atoms with van der Waals surface area (Å²) in [5, 5.41) is 0.253. The van der Waals surface area contributed by atoms with Gasteiger partial charge in [-0.15, -0.1) is 0 Å². The van der Waals surface area contributed by atoms with Crippen LogP contribution in [0.1, 0.15) is 23.2 Å². The number of hydrogen-bond donors (Lipinski definition) is 0. The molecule has 0 bridgehead atoms. The van der Waals surface area contributed by atoms with Crippen LogP contribution in [0.4, 0.5) is 8.78 Å². The quantitative estimate of drug-likeness (QED) is 0.773. The maximum Gasteiger partial charge on any atom is 0.310 e. The Morgan fingerprint density at radius 3 is 2.75 bits per heavy atom. The van der Waals surface area contributed by atoms with Crippen molar-refractivity contribution in [1.82, 2.24) is 4.98 Å². The van der Waals surface area contributed by atoms with Crippen molar-refractivity contribution >= 4 is 17.6 Å². The van der Waals surface area contributed by atoms with Crippen LogP contribution in [0.3, 0.4) is 0 Å². The van der Waals surface area contributed by atoms with Crippen molar-refractivity contribution in [2.24, 2.45) is 0 Å². The van der Waals surface area contributed by atoms with Crippen molar-refractivity contribution in [3.8, 4) is 0 Å². The first-order chi connectivity index (χ1) is 7.47. The first-order valence-corrected chi connectivity index (χ1v) is 4.84. The number of hydrogen-bond acceptors (Lipinski definition) is 3. The molecule has 0 unspecified atom stereocenters. The van der Waals surface area contributed by atoms with Gasteiger partial charge < -0.3 is 4.74 Å². The number of esters is 1. The Balaban J connectivity index is 3.20. The molecule has 16 heavy (non-hydrogen) atoms. The van der Waals surface area contributed by atoms with Gasteiger partial charge in [-0.2, -0.15) is 0 Å². The standard InChI is InChI=1S/C10H10ClF2NO2/c1-5-6(3-8(15)16-2)9(10(12)13)14-4-7(5)11/h4,10H,3H2,1-2H3. The second kappa shape index (κ2) is 5.21. The third-order valence-electron chi connectivity index (χ3n) is 2.19. The Labute approximate surface area is 96.4 Å². The Morgan fingerprint density at radius 1 is 1.62 bits per heavy atom. The molecule has 0 fully saturated rings. The summed E-state index contributed by atoms with van der Waals surface area (Å²) in [5.41, 5.74) is 0.138. The normalized spacial score (nSPS) is 10.6. The van der Waals surface area contributed by atoms with Gasteiger partial charge in [0.2, 0.25) is 0 Å². The lowest BCUT2D eigenvalue weighted by Gasteiger charge is -2.11. The van der Waals surface area contributed by atoms with Gasteiger partial charge in [0.15, 0.2) is 0 Å². The summed E-state index contributed by atoms with van der Waals surface area (Å²) < 4.78 is 29.7. The number of methoxy groups -OCH3 is 1. The summed E-state index contributed by atoms with van der Waals surface area (Å²) in [7, 11) is 1.19. The lowest BCUT2D eigenvalue weighted by Crippen LogP contribution is -2.10. The van der Waals surface area contributed by atoms with Crippen molar-refractivity contribution < 1.29 is 18.3 Å². The predicted octanol–water partition coefficient (Wildman–Crippen LogP) is 2.70. The molecule has 0 aliphatic carbocycles. The van der Waals surface area contributed by atoms with Crippen LogP contribution < -0.4 is 0 Å². The summed E-state index contributed by atoms with van der Waals surface area (Å²) in [4.78, 5) is 14.6. The Morgan fingerprint density at radius 2 is 2.25 bits per heavy atom. The molecule has 6 heteroatoms. The highest BCUT2D eigenvalue weighted by atomic mass is 35.5. The van der Waals surface area contributed by atoms with Crippen molar-refractivity contribution in [2.45, 2.75) is 19.8 Å². The van der Waals surface area contributed by atoms with E-state index >= 15 is 0 Å². The molecule has 0 aromatic carbocycles. The average Bonchev–Trinajstić information content (AvgIpc) is 2.24. The molecule has 88 valence electrons. The maximum atomic E-state index is 12.6. The Kier molecular flexibility index (Phi) is 4.18. The van der Waals surface area contributed by atoms with Crippen LogP contribution in [0.2, 0.25) is 5.02 Å². The smallest absolute Gasteiger partial charge is 0.310 e. The molecule has 1 aromatic heterocycles. The number of rotatable bonds is 3. The van der Waals surface area contributed by atoms with E-state index in [1.54, 1.807) is 6.92 Å². The highest BCUT2D eigenvalue weighted by Gasteiger charge is 2.20. The number of halogens is 3. The van der Waals surface area contributed by atoms with Gasteiger partial charge in [0.05, 0.1) is 18.6 Å². The number of carbonyl (C=O) groups excluding carboxylic acids is 1. The largest absolute Gasteiger partial charge is 0.469 e.